The Morgan fingerprint density at radius 2 is 2.04 bits per heavy atom. The fraction of sp³-hybridized carbons (Fsp3) is 0.316. The van der Waals surface area contributed by atoms with Gasteiger partial charge in [0.15, 0.2) is 10.9 Å². The summed E-state index contributed by atoms with van der Waals surface area (Å²) < 4.78 is 7.49. The Kier molecular flexibility index (Phi) is 5.06. The van der Waals surface area contributed by atoms with Crippen LogP contribution < -0.4 is 5.32 Å². The zero-order valence-electron chi connectivity index (χ0n) is 14.3. The Balaban J connectivity index is 1.50. The number of benzene rings is 1. The second kappa shape index (κ2) is 7.78. The third kappa shape index (κ3) is 4.16. The molecule has 1 fully saturated rings. The van der Waals surface area contributed by atoms with Crippen LogP contribution in [0.3, 0.4) is 0 Å². The van der Waals surface area contributed by atoms with Crippen LogP contribution in [-0.4, -0.2) is 33.0 Å². The van der Waals surface area contributed by atoms with Crippen LogP contribution in [0.4, 0.5) is 0 Å². The molecule has 1 aliphatic rings. The van der Waals surface area contributed by atoms with E-state index in [0.717, 1.165) is 12.1 Å². The Morgan fingerprint density at radius 1 is 1.19 bits per heavy atom. The lowest BCUT2D eigenvalue weighted by atomic mass is 10.2. The summed E-state index contributed by atoms with van der Waals surface area (Å²) in [7, 11) is 0. The van der Waals surface area contributed by atoms with E-state index in [4.69, 9.17) is 4.42 Å². The van der Waals surface area contributed by atoms with Gasteiger partial charge in [-0.05, 0) is 36.5 Å². The van der Waals surface area contributed by atoms with Crippen molar-refractivity contribution < 1.29 is 9.21 Å². The van der Waals surface area contributed by atoms with Gasteiger partial charge in [-0.15, -0.1) is 10.2 Å². The van der Waals surface area contributed by atoms with Crippen molar-refractivity contribution >= 4 is 17.7 Å². The lowest BCUT2D eigenvalue weighted by molar-refractivity contribution is -0.118. The minimum absolute atomic E-state index is 0.0377. The van der Waals surface area contributed by atoms with Gasteiger partial charge in [-0.25, -0.2) is 0 Å². The molecular weight excluding hydrogens is 348 g/mol. The number of carbonyl (C=O) groups excluding carboxylic acids is 1. The molecule has 3 aromatic rings. The first-order chi connectivity index (χ1) is 12.8. The van der Waals surface area contributed by atoms with Crippen LogP contribution in [-0.2, 0) is 11.3 Å². The first-order valence-corrected chi connectivity index (χ1v) is 9.68. The average molecular weight is 368 g/mol. The van der Waals surface area contributed by atoms with Crippen LogP contribution in [0.25, 0.3) is 11.6 Å². The van der Waals surface area contributed by atoms with Crippen molar-refractivity contribution in [1.29, 1.82) is 0 Å². The molecule has 0 bridgehead atoms. The highest BCUT2D eigenvalue weighted by atomic mass is 32.2. The molecule has 26 heavy (non-hydrogen) atoms. The predicted molar refractivity (Wildman–Crippen MR) is 99.7 cm³/mol. The number of hydrogen-bond acceptors (Lipinski definition) is 5. The first kappa shape index (κ1) is 16.9. The number of nitrogens with one attached hydrogen (secondary N) is 1. The van der Waals surface area contributed by atoms with Crippen molar-refractivity contribution in [3.8, 4) is 11.6 Å². The molecule has 1 amide bonds. The van der Waals surface area contributed by atoms with E-state index in [-0.39, 0.29) is 5.91 Å². The van der Waals surface area contributed by atoms with Gasteiger partial charge in [0.05, 0.1) is 18.6 Å². The number of aromatic nitrogens is 3. The molecule has 1 N–H and O–H groups in total. The lowest BCUT2D eigenvalue weighted by Gasteiger charge is -2.09. The van der Waals surface area contributed by atoms with E-state index in [0.29, 0.717) is 35.0 Å². The molecule has 0 spiro atoms. The fourth-order valence-electron chi connectivity index (χ4n) is 2.65. The van der Waals surface area contributed by atoms with E-state index >= 15 is 0 Å². The number of rotatable bonds is 8. The quantitative estimate of drug-likeness (QED) is 0.618. The van der Waals surface area contributed by atoms with E-state index in [1.807, 2.05) is 34.9 Å². The molecule has 4 rings (SSSR count). The van der Waals surface area contributed by atoms with Crippen molar-refractivity contribution in [2.24, 2.45) is 5.92 Å². The molecule has 6 nitrogen and oxygen atoms in total. The third-order valence-electron chi connectivity index (χ3n) is 4.26. The monoisotopic (exact) mass is 368 g/mol. The summed E-state index contributed by atoms with van der Waals surface area (Å²) in [6.07, 6.45) is 4.08. The fourth-order valence-corrected chi connectivity index (χ4v) is 3.42. The van der Waals surface area contributed by atoms with Gasteiger partial charge in [-0.1, -0.05) is 42.1 Å². The number of furan rings is 1. The minimum Gasteiger partial charge on any atom is -0.461 e. The van der Waals surface area contributed by atoms with Crippen LogP contribution in [0.1, 0.15) is 18.4 Å². The highest BCUT2D eigenvalue weighted by Crippen LogP contribution is 2.28. The second-order valence-electron chi connectivity index (χ2n) is 6.39. The summed E-state index contributed by atoms with van der Waals surface area (Å²) in [4.78, 5) is 12.0. The topological polar surface area (TPSA) is 73.0 Å². The average Bonchev–Trinajstić information content (AvgIpc) is 3.17. The predicted octanol–water partition coefficient (Wildman–Crippen LogP) is 3.20. The van der Waals surface area contributed by atoms with Gasteiger partial charge in [0.25, 0.3) is 0 Å². The molecule has 2 aromatic heterocycles. The standard InChI is InChI=1S/C19H20N4O2S/c24-17(20-11-14-8-9-14)13-26-19-22-21-18(16-7-4-10-25-16)23(19)12-15-5-2-1-3-6-15/h1-7,10,14H,8-9,11-13H2,(H,20,24). The Hall–Kier alpha value is -2.54. The maximum atomic E-state index is 12.0. The van der Waals surface area contributed by atoms with Gasteiger partial charge < -0.3 is 9.73 Å². The molecule has 1 saturated carbocycles. The van der Waals surface area contributed by atoms with Crippen LogP contribution in [0.5, 0.6) is 0 Å². The summed E-state index contributed by atoms with van der Waals surface area (Å²) in [6, 6.07) is 13.8. The van der Waals surface area contributed by atoms with Gasteiger partial charge in [0, 0.05) is 6.54 Å². The highest BCUT2D eigenvalue weighted by Gasteiger charge is 2.22. The van der Waals surface area contributed by atoms with Crippen LogP contribution >= 0.6 is 11.8 Å². The van der Waals surface area contributed by atoms with Crippen molar-refractivity contribution in [1.82, 2.24) is 20.1 Å². The summed E-state index contributed by atoms with van der Waals surface area (Å²) in [5, 5.41) is 12.3. The summed E-state index contributed by atoms with van der Waals surface area (Å²) >= 11 is 1.40. The van der Waals surface area contributed by atoms with Crippen molar-refractivity contribution in [2.75, 3.05) is 12.3 Å². The molecule has 134 valence electrons. The molecule has 0 aliphatic heterocycles. The van der Waals surface area contributed by atoms with Crippen molar-refractivity contribution in [3.05, 3.63) is 54.3 Å². The maximum absolute atomic E-state index is 12.0. The van der Waals surface area contributed by atoms with Gasteiger partial charge in [0.1, 0.15) is 0 Å². The maximum Gasteiger partial charge on any atom is 0.230 e. The summed E-state index contributed by atoms with van der Waals surface area (Å²) in [5.74, 6) is 2.38. The zero-order valence-corrected chi connectivity index (χ0v) is 15.1. The molecule has 1 aliphatic carbocycles. The van der Waals surface area contributed by atoms with Crippen molar-refractivity contribution in [2.45, 2.75) is 24.5 Å². The Bertz CT molecular complexity index is 857. The molecule has 7 heteroatoms. The number of amides is 1. The molecule has 2 heterocycles. The highest BCUT2D eigenvalue weighted by molar-refractivity contribution is 7.99. The molecule has 1 aromatic carbocycles. The second-order valence-corrected chi connectivity index (χ2v) is 7.33. The Morgan fingerprint density at radius 3 is 2.77 bits per heavy atom. The smallest absolute Gasteiger partial charge is 0.230 e. The van der Waals surface area contributed by atoms with E-state index in [1.54, 1.807) is 6.26 Å². The minimum atomic E-state index is 0.0377. The molecule has 0 radical (unpaired) electrons. The molecule has 0 atom stereocenters. The first-order valence-electron chi connectivity index (χ1n) is 8.70. The van der Waals surface area contributed by atoms with E-state index < -0.39 is 0 Å². The SMILES string of the molecule is O=C(CSc1nnc(-c2ccco2)n1Cc1ccccc1)NCC1CC1. The summed E-state index contributed by atoms with van der Waals surface area (Å²) in [6.45, 7) is 1.41. The lowest BCUT2D eigenvalue weighted by Crippen LogP contribution is -2.27. The van der Waals surface area contributed by atoms with Crippen LogP contribution in [0.15, 0.2) is 58.3 Å². The molecule has 0 saturated heterocycles. The third-order valence-corrected chi connectivity index (χ3v) is 5.23. The Labute approximate surface area is 156 Å². The molecular formula is C19H20N4O2S. The van der Waals surface area contributed by atoms with Gasteiger partial charge >= 0.3 is 0 Å². The number of nitrogens with zero attached hydrogens (tertiary/aromatic N) is 3. The van der Waals surface area contributed by atoms with Crippen molar-refractivity contribution in [3.63, 3.8) is 0 Å². The zero-order chi connectivity index (χ0) is 17.8. The van der Waals surface area contributed by atoms with Gasteiger partial charge in [-0.2, -0.15) is 0 Å². The number of thioether (sulfide) groups is 1. The van der Waals surface area contributed by atoms with Crippen LogP contribution in [0, 0.1) is 5.92 Å². The largest absolute Gasteiger partial charge is 0.461 e. The number of carbonyl (C=O) groups is 1. The number of hydrogen-bond donors (Lipinski definition) is 1. The van der Waals surface area contributed by atoms with E-state index in [9.17, 15) is 4.79 Å². The van der Waals surface area contributed by atoms with E-state index in [1.165, 1.54) is 24.6 Å². The van der Waals surface area contributed by atoms with Gasteiger partial charge in [-0.3, -0.25) is 9.36 Å². The summed E-state index contributed by atoms with van der Waals surface area (Å²) in [5.41, 5.74) is 1.14. The van der Waals surface area contributed by atoms with E-state index in [2.05, 4.69) is 27.6 Å². The normalized spacial score (nSPS) is 13.7. The van der Waals surface area contributed by atoms with Crippen LogP contribution in [0.2, 0.25) is 0 Å². The molecule has 0 unspecified atom stereocenters. The van der Waals surface area contributed by atoms with Gasteiger partial charge in [0.2, 0.25) is 11.7 Å².